The van der Waals surface area contributed by atoms with Gasteiger partial charge in [-0.1, -0.05) is 18.2 Å². The summed E-state index contributed by atoms with van der Waals surface area (Å²) in [7, 11) is 1.56. The van der Waals surface area contributed by atoms with Crippen molar-refractivity contribution in [3.63, 3.8) is 0 Å². The second-order valence-corrected chi connectivity index (χ2v) is 5.90. The molecule has 0 spiro atoms. The Hall–Kier alpha value is -2.34. The summed E-state index contributed by atoms with van der Waals surface area (Å²) >= 11 is 0. The van der Waals surface area contributed by atoms with E-state index in [1.165, 1.54) is 0 Å². The molecule has 1 unspecified atom stereocenters. The Morgan fingerprint density at radius 1 is 1.42 bits per heavy atom. The van der Waals surface area contributed by atoms with Crippen LogP contribution in [0.25, 0.3) is 5.69 Å². The molecule has 2 aromatic rings. The van der Waals surface area contributed by atoms with Gasteiger partial charge in [-0.3, -0.25) is 4.79 Å². The highest BCUT2D eigenvalue weighted by Crippen LogP contribution is 2.22. The molecule has 6 nitrogen and oxygen atoms in total. The maximum atomic E-state index is 12.9. The van der Waals surface area contributed by atoms with Crippen molar-refractivity contribution in [2.75, 3.05) is 33.4 Å². The van der Waals surface area contributed by atoms with Crippen LogP contribution in [-0.2, 0) is 4.74 Å². The van der Waals surface area contributed by atoms with Gasteiger partial charge in [0, 0.05) is 25.6 Å². The fraction of sp³-hybridized carbons (Fsp3) is 0.444. The minimum absolute atomic E-state index is 0.101. The Morgan fingerprint density at radius 2 is 2.21 bits per heavy atom. The van der Waals surface area contributed by atoms with Gasteiger partial charge in [0.05, 0.1) is 25.6 Å². The van der Waals surface area contributed by atoms with Crippen LogP contribution in [0.1, 0.15) is 23.8 Å². The van der Waals surface area contributed by atoms with E-state index in [2.05, 4.69) is 5.10 Å². The Kier molecular flexibility index (Phi) is 5.15. The number of amides is 1. The molecular weight excluding hydrogens is 306 g/mol. The topological polar surface area (TPSA) is 56.6 Å². The fourth-order valence-electron chi connectivity index (χ4n) is 2.91. The standard InChI is InChI=1S/C18H23N3O3/c1-3-20(11-14-9-10-24-13-14)18(22)17-16(23-2)12-21(19-17)15-7-5-4-6-8-15/h4-8,12,14H,3,9-11,13H2,1-2H3. The van der Waals surface area contributed by atoms with Gasteiger partial charge in [-0.25, -0.2) is 4.68 Å². The van der Waals surface area contributed by atoms with E-state index in [0.29, 0.717) is 30.5 Å². The molecule has 1 fully saturated rings. The van der Waals surface area contributed by atoms with E-state index in [1.54, 1.807) is 18.0 Å². The lowest BCUT2D eigenvalue weighted by Crippen LogP contribution is -2.36. The largest absolute Gasteiger partial charge is 0.493 e. The van der Waals surface area contributed by atoms with E-state index in [0.717, 1.165) is 25.3 Å². The van der Waals surface area contributed by atoms with Gasteiger partial charge in [0.1, 0.15) is 0 Å². The SMILES string of the molecule is CCN(CC1CCOC1)C(=O)c1nn(-c2ccccc2)cc1OC. The summed E-state index contributed by atoms with van der Waals surface area (Å²) in [6, 6.07) is 9.69. The number of benzene rings is 1. The first-order valence-corrected chi connectivity index (χ1v) is 8.29. The molecule has 0 saturated carbocycles. The first kappa shape index (κ1) is 16.5. The van der Waals surface area contributed by atoms with Gasteiger partial charge >= 0.3 is 0 Å². The van der Waals surface area contributed by atoms with Crippen molar-refractivity contribution in [2.24, 2.45) is 5.92 Å². The summed E-state index contributed by atoms with van der Waals surface area (Å²) in [5.41, 5.74) is 1.24. The minimum Gasteiger partial charge on any atom is -0.493 e. The molecule has 3 rings (SSSR count). The lowest BCUT2D eigenvalue weighted by Gasteiger charge is -2.23. The van der Waals surface area contributed by atoms with E-state index in [9.17, 15) is 4.79 Å². The summed E-state index contributed by atoms with van der Waals surface area (Å²) in [4.78, 5) is 14.7. The van der Waals surface area contributed by atoms with E-state index in [1.807, 2.05) is 42.2 Å². The number of rotatable bonds is 6. The second kappa shape index (κ2) is 7.49. The molecule has 1 saturated heterocycles. The van der Waals surface area contributed by atoms with Crippen LogP contribution in [0.2, 0.25) is 0 Å². The van der Waals surface area contributed by atoms with Crippen LogP contribution >= 0.6 is 0 Å². The molecule has 24 heavy (non-hydrogen) atoms. The highest BCUT2D eigenvalue weighted by atomic mass is 16.5. The van der Waals surface area contributed by atoms with E-state index >= 15 is 0 Å². The lowest BCUT2D eigenvalue weighted by atomic mass is 10.1. The van der Waals surface area contributed by atoms with Crippen molar-refractivity contribution in [1.82, 2.24) is 14.7 Å². The van der Waals surface area contributed by atoms with Gasteiger partial charge in [0.15, 0.2) is 11.4 Å². The number of hydrogen-bond donors (Lipinski definition) is 0. The molecule has 1 aliphatic rings. The van der Waals surface area contributed by atoms with Crippen LogP contribution in [0.3, 0.4) is 0 Å². The van der Waals surface area contributed by atoms with Crippen molar-refractivity contribution in [2.45, 2.75) is 13.3 Å². The number of ether oxygens (including phenoxy) is 2. The van der Waals surface area contributed by atoms with Gasteiger partial charge in [-0.2, -0.15) is 5.10 Å². The molecule has 0 N–H and O–H groups in total. The number of hydrogen-bond acceptors (Lipinski definition) is 4. The quantitative estimate of drug-likeness (QED) is 0.816. The van der Waals surface area contributed by atoms with Gasteiger partial charge in [-0.15, -0.1) is 0 Å². The van der Waals surface area contributed by atoms with Crippen molar-refractivity contribution in [3.05, 3.63) is 42.2 Å². The first-order valence-electron chi connectivity index (χ1n) is 8.29. The molecule has 0 radical (unpaired) electrons. The second-order valence-electron chi connectivity index (χ2n) is 5.90. The van der Waals surface area contributed by atoms with Gasteiger partial charge in [-0.05, 0) is 25.5 Å². The molecule has 1 atom stereocenters. The first-order chi connectivity index (χ1) is 11.7. The maximum Gasteiger partial charge on any atom is 0.278 e. The third-order valence-corrected chi connectivity index (χ3v) is 4.30. The smallest absolute Gasteiger partial charge is 0.278 e. The van der Waals surface area contributed by atoms with Crippen molar-refractivity contribution < 1.29 is 14.3 Å². The van der Waals surface area contributed by atoms with E-state index < -0.39 is 0 Å². The number of para-hydroxylation sites is 1. The Labute approximate surface area is 142 Å². The maximum absolute atomic E-state index is 12.9. The zero-order valence-electron chi connectivity index (χ0n) is 14.1. The minimum atomic E-state index is -0.101. The van der Waals surface area contributed by atoms with Gasteiger partial charge in [0.25, 0.3) is 5.91 Å². The average molecular weight is 329 g/mol. The van der Waals surface area contributed by atoms with E-state index in [4.69, 9.17) is 9.47 Å². The molecular formula is C18H23N3O3. The number of methoxy groups -OCH3 is 1. The number of carbonyl (C=O) groups excluding carboxylic acids is 1. The van der Waals surface area contributed by atoms with Crippen molar-refractivity contribution >= 4 is 5.91 Å². The van der Waals surface area contributed by atoms with Crippen LogP contribution in [-0.4, -0.2) is 54.0 Å². The third-order valence-electron chi connectivity index (χ3n) is 4.30. The highest BCUT2D eigenvalue weighted by molar-refractivity contribution is 5.95. The molecule has 1 aromatic heterocycles. The molecule has 1 amide bonds. The van der Waals surface area contributed by atoms with Crippen LogP contribution in [0.15, 0.2) is 36.5 Å². The van der Waals surface area contributed by atoms with Crippen molar-refractivity contribution in [1.29, 1.82) is 0 Å². The third kappa shape index (κ3) is 3.43. The molecule has 1 aromatic carbocycles. The molecule has 128 valence electrons. The molecule has 0 aliphatic carbocycles. The molecule has 6 heteroatoms. The predicted octanol–water partition coefficient (Wildman–Crippen LogP) is 2.38. The summed E-state index contributed by atoms with van der Waals surface area (Å²) < 4.78 is 12.5. The van der Waals surface area contributed by atoms with Crippen LogP contribution in [0, 0.1) is 5.92 Å². The Bertz CT molecular complexity index is 678. The number of nitrogens with zero attached hydrogens (tertiary/aromatic N) is 3. The van der Waals surface area contributed by atoms with Crippen LogP contribution in [0.4, 0.5) is 0 Å². The Balaban J connectivity index is 1.83. The summed E-state index contributed by atoms with van der Waals surface area (Å²) in [5, 5.41) is 4.46. The van der Waals surface area contributed by atoms with Crippen LogP contribution < -0.4 is 4.74 Å². The van der Waals surface area contributed by atoms with E-state index in [-0.39, 0.29) is 5.91 Å². The zero-order valence-corrected chi connectivity index (χ0v) is 14.1. The molecule has 2 heterocycles. The normalized spacial score (nSPS) is 17.0. The lowest BCUT2D eigenvalue weighted by molar-refractivity contribution is 0.0721. The number of aromatic nitrogens is 2. The highest BCUT2D eigenvalue weighted by Gasteiger charge is 2.26. The summed E-state index contributed by atoms with van der Waals surface area (Å²) in [6.07, 6.45) is 2.74. The van der Waals surface area contributed by atoms with Gasteiger partial charge < -0.3 is 14.4 Å². The number of carbonyl (C=O) groups is 1. The predicted molar refractivity (Wildman–Crippen MR) is 90.6 cm³/mol. The monoisotopic (exact) mass is 329 g/mol. The summed E-state index contributed by atoms with van der Waals surface area (Å²) in [6.45, 7) is 4.81. The van der Waals surface area contributed by atoms with Gasteiger partial charge in [0.2, 0.25) is 0 Å². The zero-order chi connectivity index (χ0) is 16.9. The average Bonchev–Trinajstić information content (AvgIpc) is 3.29. The molecule has 0 bridgehead atoms. The Morgan fingerprint density at radius 3 is 2.83 bits per heavy atom. The fourth-order valence-corrected chi connectivity index (χ4v) is 2.91. The summed E-state index contributed by atoms with van der Waals surface area (Å²) in [5.74, 6) is 0.789. The molecule has 1 aliphatic heterocycles. The van der Waals surface area contributed by atoms with Crippen LogP contribution in [0.5, 0.6) is 5.75 Å². The van der Waals surface area contributed by atoms with Crippen molar-refractivity contribution in [3.8, 4) is 11.4 Å².